The molecule has 0 amide bonds. The second-order valence-electron chi connectivity index (χ2n) is 4.32. The lowest BCUT2D eigenvalue weighted by Crippen LogP contribution is -1.99. The summed E-state index contributed by atoms with van der Waals surface area (Å²) in [5.41, 5.74) is 3.26. The van der Waals surface area contributed by atoms with E-state index in [0.717, 1.165) is 10.2 Å². The summed E-state index contributed by atoms with van der Waals surface area (Å²) in [5.74, 6) is 0.615. The van der Waals surface area contributed by atoms with Crippen molar-refractivity contribution < 1.29 is 9.84 Å². The summed E-state index contributed by atoms with van der Waals surface area (Å²) in [4.78, 5) is 0. The summed E-state index contributed by atoms with van der Waals surface area (Å²) in [7, 11) is 1.53. The molecule has 2 aromatic carbocycles. The highest BCUT2D eigenvalue weighted by Crippen LogP contribution is 2.28. The first-order valence-corrected chi connectivity index (χ1v) is 6.75. The molecule has 0 radical (unpaired) electrons. The fourth-order valence-electron chi connectivity index (χ4n) is 1.82. The van der Waals surface area contributed by atoms with Crippen LogP contribution in [0.1, 0.15) is 11.1 Å². The molecule has 0 bridgehead atoms. The highest BCUT2D eigenvalue weighted by molar-refractivity contribution is 9.10. The summed E-state index contributed by atoms with van der Waals surface area (Å²) in [6.07, 6.45) is 0. The van der Waals surface area contributed by atoms with Gasteiger partial charge in [0.15, 0.2) is 11.5 Å². The Morgan fingerprint density at radius 3 is 2.63 bits per heavy atom. The third-order valence-electron chi connectivity index (χ3n) is 2.90. The van der Waals surface area contributed by atoms with E-state index in [4.69, 9.17) is 4.74 Å². The standard InChI is InChI=1S/C15H16BrNO2/c1-10-7-11(3-5-13(10)16)9-17-12-4-6-15(19-2)14(18)8-12/h3-8,17-18H,9H2,1-2H3. The van der Waals surface area contributed by atoms with Gasteiger partial charge in [0.1, 0.15) is 0 Å². The van der Waals surface area contributed by atoms with Gasteiger partial charge in [0.25, 0.3) is 0 Å². The quantitative estimate of drug-likeness (QED) is 0.891. The van der Waals surface area contributed by atoms with Crippen LogP contribution in [0.4, 0.5) is 5.69 Å². The molecule has 19 heavy (non-hydrogen) atoms. The molecule has 4 heteroatoms. The number of aromatic hydroxyl groups is 1. The van der Waals surface area contributed by atoms with Crippen molar-refractivity contribution in [1.82, 2.24) is 0 Å². The molecule has 0 aliphatic carbocycles. The van der Waals surface area contributed by atoms with E-state index in [9.17, 15) is 5.11 Å². The van der Waals surface area contributed by atoms with Gasteiger partial charge in [-0.3, -0.25) is 0 Å². The molecule has 0 spiro atoms. The fraction of sp³-hybridized carbons (Fsp3) is 0.200. The normalized spacial score (nSPS) is 10.3. The Hall–Kier alpha value is -1.68. The zero-order chi connectivity index (χ0) is 13.8. The molecule has 0 saturated carbocycles. The molecule has 100 valence electrons. The largest absolute Gasteiger partial charge is 0.504 e. The van der Waals surface area contributed by atoms with Crippen LogP contribution in [0, 0.1) is 6.92 Å². The average molecular weight is 322 g/mol. The van der Waals surface area contributed by atoms with Crippen LogP contribution < -0.4 is 10.1 Å². The minimum atomic E-state index is 0.138. The summed E-state index contributed by atoms with van der Waals surface area (Å²) in [6, 6.07) is 11.5. The predicted octanol–water partition coefficient (Wildman–Crippen LogP) is 4.08. The van der Waals surface area contributed by atoms with Gasteiger partial charge in [-0.2, -0.15) is 0 Å². The van der Waals surface area contributed by atoms with Gasteiger partial charge in [-0.1, -0.05) is 28.1 Å². The number of benzene rings is 2. The molecule has 0 aliphatic rings. The Balaban J connectivity index is 2.05. The van der Waals surface area contributed by atoms with Crippen molar-refractivity contribution in [2.75, 3.05) is 12.4 Å². The molecule has 2 N–H and O–H groups in total. The minimum Gasteiger partial charge on any atom is -0.504 e. The second kappa shape index (κ2) is 5.97. The van der Waals surface area contributed by atoms with Gasteiger partial charge in [0, 0.05) is 22.8 Å². The van der Waals surface area contributed by atoms with E-state index >= 15 is 0 Å². The maximum atomic E-state index is 9.70. The van der Waals surface area contributed by atoms with E-state index in [-0.39, 0.29) is 5.75 Å². The van der Waals surface area contributed by atoms with E-state index in [1.165, 1.54) is 18.2 Å². The number of hydrogen-bond donors (Lipinski definition) is 2. The smallest absolute Gasteiger partial charge is 0.160 e. The number of halogens is 1. The van der Waals surface area contributed by atoms with Crippen molar-refractivity contribution >= 4 is 21.6 Å². The molecule has 3 nitrogen and oxygen atoms in total. The van der Waals surface area contributed by atoms with Crippen molar-refractivity contribution in [2.24, 2.45) is 0 Å². The summed E-state index contributed by atoms with van der Waals surface area (Å²) in [5, 5.41) is 13.0. The van der Waals surface area contributed by atoms with Gasteiger partial charge < -0.3 is 15.2 Å². The lowest BCUT2D eigenvalue weighted by molar-refractivity contribution is 0.373. The van der Waals surface area contributed by atoms with Gasteiger partial charge in [0.05, 0.1) is 7.11 Å². The van der Waals surface area contributed by atoms with E-state index in [0.29, 0.717) is 12.3 Å². The van der Waals surface area contributed by atoms with Crippen LogP contribution in [0.3, 0.4) is 0 Å². The van der Waals surface area contributed by atoms with Crippen LogP contribution in [0.2, 0.25) is 0 Å². The maximum Gasteiger partial charge on any atom is 0.160 e. The fourth-order valence-corrected chi connectivity index (χ4v) is 2.07. The van der Waals surface area contributed by atoms with Crippen LogP contribution in [0.15, 0.2) is 40.9 Å². The zero-order valence-electron chi connectivity index (χ0n) is 10.9. The molecule has 0 unspecified atom stereocenters. The van der Waals surface area contributed by atoms with Crippen molar-refractivity contribution in [3.63, 3.8) is 0 Å². The van der Waals surface area contributed by atoms with E-state index in [2.05, 4.69) is 40.3 Å². The molecular formula is C15H16BrNO2. The summed E-state index contributed by atoms with van der Waals surface area (Å²) in [6.45, 7) is 2.77. The number of nitrogens with one attached hydrogen (secondary N) is 1. The Morgan fingerprint density at radius 1 is 1.21 bits per heavy atom. The third-order valence-corrected chi connectivity index (χ3v) is 3.79. The number of ether oxygens (including phenoxy) is 1. The van der Waals surface area contributed by atoms with E-state index in [1.54, 1.807) is 12.1 Å². The SMILES string of the molecule is COc1ccc(NCc2ccc(Br)c(C)c2)cc1O. The third kappa shape index (κ3) is 3.41. The second-order valence-corrected chi connectivity index (χ2v) is 5.18. The maximum absolute atomic E-state index is 9.70. The predicted molar refractivity (Wildman–Crippen MR) is 80.9 cm³/mol. The molecule has 0 heterocycles. The van der Waals surface area contributed by atoms with Crippen LogP contribution in [0.5, 0.6) is 11.5 Å². The lowest BCUT2D eigenvalue weighted by atomic mass is 10.1. The topological polar surface area (TPSA) is 41.5 Å². The Morgan fingerprint density at radius 2 is 2.00 bits per heavy atom. The highest BCUT2D eigenvalue weighted by atomic mass is 79.9. The van der Waals surface area contributed by atoms with Crippen LogP contribution >= 0.6 is 15.9 Å². The highest BCUT2D eigenvalue weighted by Gasteiger charge is 2.03. The van der Waals surface area contributed by atoms with E-state index < -0.39 is 0 Å². The molecular weight excluding hydrogens is 306 g/mol. The molecule has 0 aromatic heterocycles. The van der Waals surface area contributed by atoms with Gasteiger partial charge in [0.2, 0.25) is 0 Å². The van der Waals surface area contributed by atoms with Crippen molar-refractivity contribution in [2.45, 2.75) is 13.5 Å². The summed E-state index contributed by atoms with van der Waals surface area (Å²) >= 11 is 3.48. The lowest BCUT2D eigenvalue weighted by Gasteiger charge is -2.10. The monoisotopic (exact) mass is 321 g/mol. The molecule has 0 fully saturated rings. The van der Waals surface area contributed by atoms with E-state index in [1.807, 2.05) is 12.1 Å². The molecule has 2 aromatic rings. The number of aryl methyl sites for hydroxylation is 1. The van der Waals surface area contributed by atoms with Crippen LogP contribution in [-0.2, 0) is 6.54 Å². The molecule has 0 atom stereocenters. The summed E-state index contributed by atoms with van der Waals surface area (Å²) < 4.78 is 6.12. The van der Waals surface area contributed by atoms with Crippen LogP contribution in [0.25, 0.3) is 0 Å². The van der Waals surface area contributed by atoms with Crippen molar-refractivity contribution in [3.8, 4) is 11.5 Å². The average Bonchev–Trinajstić information content (AvgIpc) is 2.40. The molecule has 2 rings (SSSR count). The first kappa shape index (κ1) is 13.7. The van der Waals surface area contributed by atoms with Gasteiger partial charge in [-0.15, -0.1) is 0 Å². The van der Waals surface area contributed by atoms with Gasteiger partial charge >= 0.3 is 0 Å². The van der Waals surface area contributed by atoms with Crippen molar-refractivity contribution in [1.29, 1.82) is 0 Å². The number of phenols is 1. The number of hydrogen-bond acceptors (Lipinski definition) is 3. The van der Waals surface area contributed by atoms with Gasteiger partial charge in [-0.25, -0.2) is 0 Å². The molecule has 0 saturated heterocycles. The Kier molecular flexibility index (Phi) is 4.32. The first-order valence-electron chi connectivity index (χ1n) is 5.96. The Bertz CT molecular complexity index is 584. The number of phenolic OH excluding ortho intramolecular Hbond substituents is 1. The minimum absolute atomic E-state index is 0.138. The number of rotatable bonds is 4. The molecule has 0 aliphatic heterocycles. The van der Waals surface area contributed by atoms with Gasteiger partial charge in [-0.05, 0) is 36.2 Å². The Labute approximate surface area is 121 Å². The number of anilines is 1. The van der Waals surface area contributed by atoms with Crippen LogP contribution in [-0.4, -0.2) is 12.2 Å². The first-order chi connectivity index (χ1) is 9.10. The zero-order valence-corrected chi connectivity index (χ0v) is 12.5. The van der Waals surface area contributed by atoms with Crippen molar-refractivity contribution in [3.05, 3.63) is 52.0 Å². The number of methoxy groups -OCH3 is 1.